The van der Waals surface area contributed by atoms with Crippen LogP contribution in [0.2, 0.25) is 12.1 Å². The Hall–Kier alpha value is -3.10. The smallest absolute Gasteiger partial charge is 0.267 e. The van der Waals surface area contributed by atoms with Gasteiger partial charge in [0.25, 0.3) is 11.8 Å². The Labute approximate surface area is 356 Å². The van der Waals surface area contributed by atoms with E-state index in [2.05, 4.69) is 93.5 Å². The maximum absolute atomic E-state index is 14.8. The van der Waals surface area contributed by atoms with Crippen LogP contribution in [0.15, 0.2) is 66.7 Å². The largest absolute Gasteiger partial charge is 0.268 e. The van der Waals surface area contributed by atoms with E-state index in [0.29, 0.717) is 28.7 Å². The van der Waals surface area contributed by atoms with E-state index in [-0.39, 0.29) is 22.6 Å². The number of fused-ring (bicyclic) bond motifs is 4. The highest BCUT2D eigenvalue weighted by Gasteiger charge is 2.51. The van der Waals surface area contributed by atoms with Gasteiger partial charge in [-0.3, -0.25) is 9.59 Å². The summed E-state index contributed by atoms with van der Waals surface area (Å²) in [4.78, 5) is 38.5. The lowest BCUT2D eigenvalue weighted by Gasteiger charge is -2.36. The number of imide groups is 1. The first-order chi connectivity index (χ1) is 27.2. The molecular formula is C50H63NO2S3Si. The number of hydrogen-bond donors (Lipinski definition) is 0. The fourth-order valence-electron chi connectivity index (χ4n) is 9.38. The first kappa shape index (κ1) is 42.0. The predicted octanol–water partition coefficient (Wildman–Crippen LogP) is 14.6. The number of amides is 2. The lowest BCUT2D eigenvalue weighted by Crippen LogP contribution is -2.56. The van der Waals surface area contributed by atoms with Crippen LogP contribution in [0.5, 0.6) is 0 Å². The van der Waals surface area contributed by atoms with Gasteiger partial charge in [0, 0.05) is 24.4 Å². The van der Waals surface area contributed by atoms with Gasteiger partial charge in [-0.05, 0) is 80.5 Å². The summed E-state index contributed by atoms with van der Waals surface area (Å²) in [5, 5.41) is 3.33. The molecule has 0 spiro atoms. The summed E-state index contributed by atoms with van der Waals surface area (Å²) < 4.78 is 0. The van der Waals surface area contributed by atoms with E-state index in [1.807, 2.05) is 65.1 Å². The molecule has 2 amide bonds. The third-order valence-corrected chi connectivity index (χ3v) is 23.1. The second-order valence-corrected chi connectivity index (χ2v) is 26.1. The van der Waals surface area contributed by atoms with Crippen molar-refractivity contribution in [1.29, 1.82) is 0 Å². The van der Waals surface area contributed by atoms with Crippen LogP contribution in [0, 0.1) is 11.8 Å². The van der Waals surface area contributed by atoms with E-state index >= 15 is 0 Å². The van der Waals surface area contributed by atoms with Gasteiger partial charge in [0.2, 0.25) is 0 Å². The number of thiophene rings is 3. The third-order valence-electron chi connectivity index (χ3n) is 12.7. The highest BCUT2D eigenvalue weighted by atomic mass is 32.1. The van der Waals surface area contributed by atoms with Crippen molar-refractivity contribution in [3.63, 3.8) is 0 Å². The molecule has 2 atom stereocenters. The molecule has 2 aromatic carbocycles. The van der Waals surface area contributed by atoms with Crippen LogP contribution < -0.4 is 15.3 Å². The van der Waals surface area contributed by atoms with Gasteiger partial charge in [0.15, 0.2) is 0 Å². The molecule has 0 N–H and O–H groups in total. The van der Waals surface area contributed by atoms with Crippen LogP contribution in [0.25, 0.3) is 30.6 Å². The van der Waals surface area contributed by atoms with Crippen molar-refractivity contribution < 1.29 is 9.59 Å². The molecule has 3 nitrogen and oxygen atoms in total. The number of carbonyl (C=O) groups excluding carboxylic acids is 2. The Morgan fingerprint density at radius 3 is 1.70 bits per heavy atom. The zero-order chi connectivity index (χ0) is 40.9. The number of unbranched alkanes of at least 4 members (excludes halogenated alkanes) is 2. The zero-order valence-electron chi connectivity index (χ0n) is 36.1. The van der Waals surface area contributed by atoms with Gasteiger partial charge in [-0.1, -0.05) is 163 Å². The highest BCUT2D eigenvalue weighted by molar-refractivity contribution is 7.32. The van der Waals surface area contributed by atoms with Crippen LogP contribution in [-0.2, 0) is 10.8 Å². The molecule has 0 saturated heterocycles. The molecule has 2 aliphatic rings. The van der Waals surface area contributed by atoms with E-state index in [1.54, 1.807) is 21.7 Å². The Bertz CT molecular complexity index is 2210. The lowest BCUT2D eigenvalue weighted by molar-refractivity contribution is 0.0925. The predicted molar refractivity (Wildman–Crippen MR) is 253 cm³/mol. The summed E-state index contributed by atoms with van der Waals surface area (Å²) in [6.07, 6.45) is 10.1. The minimum Gasteiger partial charge on any atom is -0.268 e. The van der Waals surface area contributed by atoms with Crippen molar-refractivity contribution >= 4 is 70.0 Å². The summed E-state index contributed by atoms with van der Waals surface area (Å²) >= 11 is 5.65. The lowest BCUT2D eigenvalue weighted by atomic mass is 9.90. The zero-order valence-corrected chi connectivity index (χ0v) is 39.5. The molecule has 5 aromatic rings. The Balaban J connectivity index is 1.39. The first-order valence-electron chi connectivity index (χ1n) is 21.7. The monoisotopic (exact) mass is 833 g/mol. The molecule has 2 unspecified atom stereocenters. The minimum absolute atomic E-state index is 0.0832. The van der Waals surface area contributed by atoms with E-state index in [9.17, 15) is 9.59 Å². The number of carbonyl (C=O) groups is 2. The summed E-state index contributed by atoms with van der Waals surface area (Å²) in [5.41, 5.74) is 3.81. The van der Waals surface area contributed by atoms with Crippen LogP contribution >= 0.6 is 34.0 Å². The normalized spacial score (nSPS) is 17.6. The van der Waals surface area contributed by atoms with Crippen molar-refractivity contribution in [2.75, 3.05) is 4.90 Å². The molecule has 0 saturated carbocycles. The van der Waals surface area contributed by atoms with Gasteiger partial charge in [-0.25, -0.2) is 4.90 Å². The molecule has 2 aliphatic heterocycles. The van der Waals surface area contributed by atoms with E-state index in [0.717, 1.165) is 20.9 Å². The fourth-order valence-corrected chi connectivity index (χ4v) is 21.3. The van der Waals surface area contributed by atoms with Crippen LogP contribution in [0.1, 0.15) is 151 Å². The molecule has 57 heavy (non-hydrogen) atoms. The summed E-state index contributed by atoms with van der Waals surface area (Å²) in [7, 11) is -2.23. The molecule has 302 valence electrons. The molecule has 0 aliphatic carbocycles. The Morgan fingerprint density at radius 2 is 1.16 bits per heavy atom. The minimum atomic E-state index is -2.23. The second-order valence-electron chi connectivity index (χ2n) is 18.9. The van der Waals surface area contributed by atoms with E-state index in [4.69, 9.17) is 0 Å². The quantitative estimate of drug-likeness (QED) is 0.0778. The Morgan fingerprint density at radius 1 is 0.614 bits per heavy atom. The summed E-state index contributed by atoms with van der Waals surface area (Å²) in [6, 6.07) is 26.0. The molecule has 7 rings (SSSR count). The van der Waals surface area contributed by atoms with Gasteiger partial charge in [-0.15, -0.1) is 34.0 Å². The average Bonchev–Trinajstić information content (AvgIpc) is 4.00. The van der Waals surface area contributed by atoms with Gasteiger partial charge in [0.1, 0.15) is 8.07 Å². The van der Waals surface area contributed by atoms with Gasteiger partial charge in [0.05, 0.1) is 21.7 Å². The molecule has 0 radical (unpaired) electrons. The fraction of sp³-hybridized carbons (Fsp3) is 0.480. The molecular weight excluding hydrogens is 771 g/mol. The van der Waals surface area contributed by atoms with Crippen molar-refractivity contribution in [2.45, 2.75) is 144 Å². The summed E-state index contributed by atoms with van der Waals surface area (Å²) in [6.45, 7) is 23.2. The SMILES string of the molecule is CCCCC(CC)C[Si]1(CC(CC)CCCC)c2cc(-c3sc(C(C)(C)C)c4c3C(=O)N(c3ccc(-c5ccccc5)cc3)C4=O)sc2-c2sc(C(C)(C)C)cc21. The van der Waals surface area contributed by atoms with E-state index < -0.39 is 8.07 Å². The number of benzene rings is 2. The number of hydrogen-bond acceptors (Lipinski definition) is 5. The first-order valence-corrected chi connectivity index (χ1v) is 26.5. The second kappa shape index (κ2) is 16.5. The molecule has 5 heterocycles. The van der Waals surface area contributed by atoms with Crippen molar-refractivity contribution in [1.82, 2.24) is 0 Å². The van der Waals surface area contributed by atoms with Gasteiger partial charge in [-0.2, -0.15) is 0 Å². The third kappa shape index (κ3) is 7.76. The molecule has 0 fully saturated rings. The van der Waals surface area contributed by atoms with Crippen LogP contribution in [-0.4, -0.2) is 19.9 Å². The van der Waals surface area contributed by atoms with Gasteiger partial charge >= 0.3 is 0 Å². The van der Waals surface area contributed by atoms with Gasteiger partial charge < -0.3 is 0 Å². The summed E-state index contributed by atoms with van der Waals surface area (Å²) in [5.74, 6) is 1.03. The molecule has 7 heteroatoms. The standard InChI is InChI=1S/C50H63NO2S3Si/c1-11-15-20-32(13-3)30-57(31-33(14-4)21-16-12-2)38-28-37(54-44(38)45-39(57)29-40(55-45)49(5,6)7)43-41-42(46(56-43)50(8,9)10)48(53)51(47(41)52)36-26-24-35(25-27-36)34-22-18-17-19-23-34/h17-19,22-29,32-33H,11-16,20-21,30-31H2,1-10H3. The highest BCUT2D eigenvalue weighted by Crippen LogP contribution is 2.53. The topological polar surface area (TPSA) is 37.4 Å². The number of nitrogens with zero attached hydrogens (tertiary/aromatic N) is 1. The maximum atomic E-state index is 14.8. The molecule has 0 bridgehead atoms. The van der Waals surface area contributed by atoms with Crippen molar-refractivity contribution in [3.8, 4) is 30.6 Å². The average molecular weight is 834 g/mol. The Kier molecular flexibility index (Phi) is 12.2. The van der Waals surface area contributed by atoms with E-state index in [1.165, 1.54) is 87.9 Å². The number of anilines is 1. The number of rotatable bonds is 15. The molecule has 3 aromatic heterocycles. The van der Waals surface area contributed by atoms with Crippen LogP contribution in [0.4, 0.5) is 5.69 Å². The van der Waals surface area contributed by atoms with Crippen LogP contribution in [0.3, 0.4) is 0 Å². The maximum Gasteiger partial charge on any atom is 0.267 e. The van der Waals surface area contributed by atoms with Crippen molar-refractivity contribution in [2.24, 2.45) is 11.8 Å². The van der Waals surface area contributed by atoms with Crippen molar-refractivity contribution in [3.05, 3.63) is 87.6 Å².